The van der Waals surface area contributed by atoms with Gasteiger partial charge < -0.3 is 5.32 Å². The van der Waals surface area contributed by atoms with Crippen LogP contribution in [0.25, 0.3) is 0 Å². The first-order chi connectivity index (χ1) is 6.65. The highest BCUT2D eigenvalue weighted by Crippen LogP contribution is 2.34. The summed E-state index contributed by atoms with van der Waals surface area (Å²) in [6.45, 7) is 6.46. The third kappa shape index (κ3) is 2.47. The van der Waals surface area contributed by atoms with Crippen molar-refractivity contribution in [2.75, 3.05) is 5.32 Å². The molecule has 3 heteroatoms. The fraction of sp³-hybridized carbons (Fsp3) is 0.727. The van der Waals surface area contributed by atoms with Gasteiger partial charge in [0.15, 0.2) is 5.13 Å². The van der Waals surface area contributed by atoms with E-state index in [-0.39, 0.29) is 0 Å². The molecule has 1 aliphatic carbocycles. The molecule has 2 nitrogen and oxygen atoms in total. The van der Waals surface area contributed by atoms with Gasteiger partial charge in [-0.05, 0) is 33.1 Å². The van der Waals surface area contributed by atoms with Crippen molar-refractivity contribution >= 4 is 16.5 Å². The number of thiazole rings is 1. The Kier molecular flexibility index (Phi) is 2.77. The standard InChI is InChI=1S/C11H18N2S/c1-7(6-10-4-5-10)12-11-13-8(2)9(3)14-11/h7,10H,4-6H2,1-3H3,(H,12,13). The lowest BCUT2D eigenvalue weighted by Crippen LogP contribution is -2.15. The Morgan fingerprint density at radius 1 is 1.50 bits per heavy atom. The third-order valence-electron chi connectivity index (χ3n) is 2.78. The molecule has 0 saturated heterocycles. The van der Waals surface area contributed by atoms with Gasteiger partial charge in [0, 0.05) is 10.9 Å². The van der Waals surface area contributed by atoms with Crippen molar-refractivity contribution in [1.29, 1.82) is 0 Å². The van der Waals surface area contributed by atoms with Crippen LogP contribution in [-0.4, -0.2) is 11.0 Å². The summed E-state index contributed by atoms with van der Waals surface area (Å²) in [7, 11) is 0. The van der Waals surface area contributed by atoms with Crippen molar-refractivity contribution in [3.63, 3.8) is 0 Å². The van der Waals surface area contributed by atoms with Crippen LogP contribution in [0.5, 0.6) is 0 Å². The number of anilines is 1. The molecule has 1 N–H and O–H groups in total. The molecule has 0 aliphatic heterocycles. The maximum absolute atomic E-state index is 4.49. The second kappa shape index (κ2) is 3.89. The molecule has 14 heavy (non-hydrogen) atoms. The van der Waals surface area contributed by atoms with E-state index in [4.69, 9.17) is 0 Å². The number of aryl methyl sites for hydroxylation is 2. The minimum Gasteiger partial charge on any atom is -0.359 e. The van der Waals surface area contributed by atoms with Gasteiger partial charge in [0.25, 0.3) is 0 Å². The average Bonchev–Trinajstić information content (AvgIpc) is 2.82. The first-order valence-corrected chi connectivity index (χ1v) is 6.17. The number of nitrogens with one attached hydrogen (secondary N) is 1. The molecular formula is C11H18N2S. The molecule has 0 bridgehead atoms. The molecule has 1 aromatic rings. The molecule has 1 aromatic heterocycles. The van der Waals surface area contributed by atoms with Gasteiger partial charge in [0.05, 0.1) is 5.69 Å². The molecule has 1 saturated carbocycles. The number of hydrogen-bond donors (Lipinski definition) is 1. The predicted molar refractivity (Wildman–Crippen MR) is 62.0 cm³/mol. The largest absolute Gasteiger partial charge is 0.359 e. The molecule has 78 valence electrons. The summed E-state index contributed by atoms with van der Waals surface area (Å²) in [5.41, 5.74) is 1.16. The molecule has 1 fully saturated rings. The summed E-state index contributed by atoms with van der Waals surface area (Å²) in [5, 5.41) is 4.57. The SMILES string of the molecule is Cc1nc(NC(C)CC2CC2)sc1C. The zero-order valence-electron chi connectivity index (χ0n) is 9.13. The Morgan fingerprint density at radius 2 is 2.21 bits per heavy atom. The van der Waals surface area contributed by atoms with Crippen molar-refractivity contribution < 1.29 is 0 Å². The van der Waals surface area contributed by atoms with Gasteiger partial charge in [-0.15, -0.1) is 11.3 Å². The fourth-order valence-corrected chi connectivity index (χ4v) is 2.58. The van der Waals surface area contributed by atoms with Gasteiger partial charge in [-0.3, -0.25) is 0 Å². The highest BCUT2D eigenvalue weighted by atomic mass is 32.1. The molecule has 0 radical (unpaired) electrons. The zero-order chi connectivity index (χ0) is 10.1. The molecule has 0 spiro atoms. The van der Waals surface area contributed by atoms with Crippen LogP contribution in [0.15, 0.2) is 0 Å². The molecule has 0 amide bonds. The topological polar surface area (TPSA) is 24.9 Å². The molecular weight excluding hydrogens is 192 g/mol. The van der Waals surface area contributed by atoms with Crippen molar-refractivity contribution in [3.05, 3.63) is 10.6 Å². The van der Waals surface area contributed by atoms with E-state index in [9.17, 15) is 0 Å². The maximum Gasteiger partial charge on any atom is 0.183 e. The van der Waals surface area contributed by atoms with Gasteiger partial charge in [0.1, 0.15) is 0 Å². The summed E-state index contributed by atoms with van der Waals surface area (Å²) in [6, 6.07) is 0.576. The molecule has 2 rings (SSSR count). The van der Waals surface area contributed by atoms with E-state index in [0.717, 1.165) is 16.7 Å². The number of hydrogen-bond acceptors (Lipinski definition) is 3. The number of rotatable bonds is 4. The van der Waals surface area contributed by atoms with E-state index in [1.165, 1.54) is 24.1 Å². The smallest absolute Gasteiger partial charge is 0.183 e. The van der Waals surface area contributed by atoms with Gasteiger partial charge in [-0.25, -0.2) is 4.98 Å². The van der Waals surface area contributed by atoms with E-state index in [1.54, 1.807) is 11.3 Å². The summed E-state index contributed by atoms with van der Waals surface area (Å²) < 4.78 is 0. The lowest BCUT2D eigenvalue weighted by atomic mass is 10.2. The Balaban J connectivity index is 1.88. The van der Waals surface area contributed by atoms with E-state index in [0.29, 0.717) is 6.04 Å². The lowest BCUT2D eigenvalue weighted by Gasteiger charge is -2.11. The second-order valence-corrected chi connectivity index (χ2v) is 5.59. The number of aromatic nitrogens is 1. The third-order valence-corrected chi connectivity index (χ3v) is 3.79. The van der Waals surface area contributed by atoms with Crippen LogP contribution >= 0.6 is 11.3 Å². The quantitative estimate of drug-likeness (QED) is 0.824. The molecule has 1 aliphatic rings. The van der Waals surface area contributed by atoms with E-state index in [1.807, 2.05) is 0 Å². The van der Waals surface area contributed by atoms with Crippen molar-refractivity contribution in [2.45, 2.75) is 46.1 Å². The molecule has 0 aromatic carbocycles. The molecule has 1 atom stereocenters. The second-order valence-electron chi connectivity index (χ2n) is 4.39. The average molecular weight is 210 g/mol. The lowest BCUT2D eigenvalue weighted by molar-refractivity contribution is 0.641. The van der Waals surface area contributed by atoms with E-state index in [2.05, 4.69) is 31.1 Å². The van der Waals surface area contributed by atoms with Crippen LogP contribution in [0.1, 0.15) is 36.8 Å². The first-order valence-electron chi connectivity index (χ1n) is 5.35. The Labute approximate surface area is 89.8 Å². The minimum absolute atomic E-state index is 0.576. The number of nitrogens with zero attached hydrogens (tertiary/aromatic N) is 1. The van der Waals surface area contributed by atoms with Gasteiger partial charge >= 0.3 is 0 Å². The zero-order valence-corrected chi connectivity index (χ0v) is 9.95. The summed E-state index contributed by atoms with van der Waals surface area (Å²) in [5.74, 6) is 0.986. The van der Waals surface area contributed by atoms with Crippen LogP contribution in [0.2, 0.25) is 0 Å². The van der Waals surface area contributed by atoms with Crippen LogP contribution in [-0.2, 0) is 0 Å². The van der Waals surface area contributed by atoms with Gasteiger partial charge in [-0.1, -0.05) is 12.8 Å². The summed E-state index contributed by atoms with van der Waals surface area (Å²) in [6.07, 6.45) is 4.17. The van der Waals surface area contributed by atoms with Crippen molar-refractivity contribution in [1.82, 2.24) is 4.98 Å². The Hall–Kier alpha value is -0.570. The molecule has 1 heterocycles. The first kappa shape index (κ1) is 9.97. The Bertz CT molecular complexity index is 296. The predicted octanol–water partition coefficient (Wildman–Crippen LogP) is 3.36. The van der Waals surface area contributed by atoms with Gasteiger partial charge in [-0.2, -0.15) is 0 Å². The fourth-order valence-electron chi connectivity index (χ4n) is 1.66. The van der Waals surface area contributed by atoms with E-state index < -0.39 is 0 Å². The van der Waals surface area contributed by atoms with Crippen LogP contribution in [0.3, 0.4) is 0 Å². The summed E-state index contributed by atoms with van der Waals surface area (Å²) >= 11 is 1.77. The highest BCUT2D eigenvalue weighted by Gasteiger charge is 2.23. The van der Waals surface area contributed by atoms with Crippen molar-refractivity contribution in [2.24, 2.45) is 5.92 Å². The van der Waals surface area contributed by atoms with Crippen molar-refractivity contribution in [3.8, 4) is 0 Å². The normalized spacial score (nSPS) is 18.2. The monoisotopic (exact) mass is 210 g/mol. The Morgan fingerprint density at radius 3 is 2.71 bits per heavy atom. The highest BCUT2D eigenvalue weighted by molar-refractivity contribution is 7.15. The van der Waals surface area contributed by atoms with Crippen LogP contribution < -0.4 is 5.32 Å². The van der Waals surface area contributed by atoms with Crippen LogP contribution in [0.4, 0.5) is 5.13 Å². The maximum atomic E-state index is 4.49. The summed E-state index contributed by atoms with van der Waals surface area (Å²) in [4.78, 5) is 5.81. The minimum atomic E-state index is 0.576. The molecule has 1 unspecified atom stereocenters. The van der Waals surface area contributed by atoms with Gasteiger partial charge in [0.2, 0.25) is 0 Å². The van der Waals surface area contributed by atoms with E-state index >= 15 is 0 Å². The van der Waals surface area contributed by atoms with Crippen LogP contribution in [0, 0.1) is 19.8 Å².